The Balaban J connectivity index is 0.000000582. The van der Waals surface area contributed by atoms with Gasteiger partial charge in [-0.2, -0.15) is 0 Å². The lowest BCUT2D eigenvalue weighted by molar-refractivity contribution is -0.134. The molecule has 0 saturated heterocycles. The molecule has 0 atom stereocenters. The number of unbranched alkanes of at least 4 members (excludes halogenated alkanes) is 3. The summed E-state index contributed by atoms with van der Waals surface area (Å²) < 4.78 is 18.5. The van der Waals surface area contributed by atoms with Crippen LogP contribution in [0.1, 0.15) is 41.6 Å². The lowest BCUT2D eigenvalue weighted by Crippen LogP contribution is -2.12. The van der Waals surface area contributed by atoms with Crippen LogP contribution in [0.4, 0.5) is 4.39 Å². The molecule has 0 amide bonds. The molecule has 8 nitrogen and oxygen atoms in total. The first kappa shape index (κ1) is 27.4. The van der Waals surface area contributed by atoms with Gasteiger partial charge in [0, 0.05) is 35.5 Å². The summed E-state index contributed by atoms with van der Waals surface area (Å²) in [7, 11) is 4.17. The predicted molar refractivity (Wildman–Crippen MR) is 121 cm³/mol. The normalized spacial score (nSPS) is 10.5. The van der Waals surface area contributed by atoms with Crippen molar-refractivity contribution in [3.63, 3.8) is 0 Å². The van der Waals surface area contributed by atoms with Crippen molar-refractivity contribution >= 4 is 17.7 Å². The fourth-order valence-electron chi connectivity index (χ4n) is 2.57. The van der Waals surface area contributed by atoms with Crippen LogP contribution in [0.5, 0.6) is 5.88 Å². The second-order valence-electron chi connectivity index (χ2n) is 7.30. The lowest BCUT2D eigenvalue weighted by Gasteiger charge is -2.09. The molecule has 0 spiro atoms. The van der Waals surface area contributed by atoms with Crippen LogP contribution in [0.15, 0.2) is 54.7 Å². The summed E-state index contributed by atoms with van der Waals surface area (Å²) in [6.45, 7) is 1.74. The number of carboxylic acid groups (broad SMARTS) is 2. The van der Waals surface area contributed by atoms with Gasteiger partial charge in [-0.05, 0) is 63.8 Å². The third-order valence-electron chi connectivity index (χ3n) is 4.22. The molecule has 33 heavy (non-hydrogen) atoms. The molecule has 2 rings (SSSR count). The van der Waals surface area contributed by atoms with Crippen LogP contribution in [-0.4, -0.2) is 65.1 Å². The van der Waals surface area contributed by atoms with E-state index in [1.807, 2.05) is 0 Å². The number of ketones is 1. The smallest absolute Gasteiger partial charge is 0.328 e. The maximum Gasteiger partial charge on any atom is 0.328 e. The van der Waals surface area contributed by atoms with Gasteiger partial charge in [-0.3, -0.25) is 4.79 Å². The Bertz CT molecular complexity index is 896. The first-order chi connectivity index (χ1) is 15.7. The number of halogens is 1. The SMILES string of the molecule is CN(C)CCCCCCOc1ccc(C(=O)c2ccc(F)cc2)cn1.O=C(O)/C=C/C(=O)O. The average molecular weight is 461 g/mol. The van der Waals surface area contributed by atoms with Gasteiger partial charge < -0.3 is 19.8 Å². The molecule has 0 saturated carbocycles. The van der Waals surface area contributed by atoms with Gasteiger partial charge in [0.2, 0.25) is 5.88 Å². The number of aromatic nitrogens is 1. The van der Waals surface area contributed by atoms with E-state index < -0.39 is 11.9 Å². The minimum Gasteiger partial charge on any atom is -0.478 e. The van der Waals surface area contributed by atoms with E-state index in [9.17, 15) is 18.8 Å². The molecule has 0 radical (unpaired) electrons. The molecule has 178 valence electrons. The van der Waals surface area contributed by atoms with Crippen LogP contribution in [-0.2, 0) is 9.59 Å². The number of benzene rings is 1. The number of carbonyl (C=O) groups excluding carboxylic acids is 1. The molecule has 2 N–H and O–H groups in total. The quantitative estimate of drug-likeness (QED) is 0.280. The van der Waals surface area contributed by atoms with Gasteiger partial charge in [0.1, 0.15) is 5.82 Å². The Kier molecular flexibility index (Phi) is 12.7. The largest absolute Gasteiger partial charge is 0.478 e. The molecule has 0 aliphatic rings. The van der Waals surface area contributed by atoms with E-state index >= 15 is 0 Å². The number of nitrogens with zero attached hydrogens (tertiary/aromatic N) is 2. The minimum absolute atomic E-state index is 0.181. The van der Waals surface area contributed by atoms with Gasteiger partial charge in [0.15, 0.2) is 5.78 Å². The van der Waals surface area contributed by atoms with E-state index in [1.54, 1.807) is 12.1 Å². The topological polar surface area (TPSA) is 117 Å². The van der Waals surface area contributed by atoms with Gasteiger partial charge >= 0.3 is 11.9 Å². The zero-order valence-electron chi connectivity index (χ0n) is 18.7. The highest BCUT2D eigenvalue weighted by Gasteiger charge is 2.10. The van der Waals surface area contributed by atoms with E-state index in [-0.39, 0.29) is 11.6 Å². The number of hydrogen-bond acceptors (Lipinski definition) is 6. The Hall–Kier alpha value is -3.59. The molecule has 0 bridgehead atoms. The van der Waals surface area contributed by atoms with E-state index in [1.165, 1.54) is 43.3 Å². The first-order valence-corrected chi connectivity index (χ1v) is 10.4. The minimum atomic E-state index is -1.26. The second-order valence-corrected chi connectivity index (χ2v) is 7.30. The van der Waals surface area contributed by atoms with Gasteiger partial charge in [0.25, 0.3) is 0 Å². The molecule has 9 heteroatoms. The molecule has 1 aromatic carbocycles. The zero-order valence-corrected chi connectivity index (χ0v) is 18.7. The molecule has 0 aliphatic carbocycles. The van der Waals surface area contributed by atoms with Crippen LogP contribution in [0.2, 0.25) is 0 Å². The molecule has 0 fully saturated rings. The summed E-state index contributed by atoms with van der Waals surface area (Å²) >= 11 is 0. The van der Waals surface area contributed by atoms with Gasteiger partial charge in [-0.1, -0.05) is 12.8 Å². The van der Waals surface area contributed by atoms with Crippen molar-refractivity contribution in [1.29, 1.82) is 0 Å². The third-order valence-corrected chi connectivity index (χ3v) is 4.22. The number of aliphatic carboxylic acids is 2. The predicted octanol–water partition coefficient (Wildman–Crippen LogP) is 3.66. The van der Waals surface area contributed by atoms with Crippen molar-refractivity contribution in [2.24, 2.45) is 0 Å². The molecular weight excluding hydrogens is 431 g/mol. The summed E-state index contributed by atoms with van der Waals surface area (Å²) in [6, 6.07) is 8.87. The number of pyridine rings is 1. The highest BCUT2D eigenvalue weighted by Crippen LogP contribution is 2.13. The Morgan fingerprint density at radius 3 is 2.00 bits per heavy atom. The second kappa shape index (κ2) is 15.3. The number of ether oxygens (including phenoxy) is 1. The van der Waals surface area contributed by atoms with Gasteiger partial charge in [-0.15, -0.1) is 0 Å². The van der Waals surface area contributed by atoms with Gasteiger partial charge in [-0.25, -0.2) is 19.0 Å². The van der Waals surface area contributed by atoms with Crippen molar-refractivity contribution in [2.45, 2.75) is 25.7 Å². The van der Waals surface area contributed by atoms with Gasteiger partial charge in [0.05, 0.1) is 6.61 Å². The van der Waals surface area contributed by atoms with Crippen molar-refractivity contribution in [1.82, 2.24) is 9.88 Å². The fourth-order valence-corrected chi connectivity index (χ4v) is 2.57. The highest BCUT2D eigenvalue weighted by molar-refractivity contribution is 6.08. The zero-order chi connectivity index (χ0) is 24.6. The monoisotopic (exact) mass is 460 g/mol. The summed E-state index contributed by atoms with van der Waals surface area (Å²) in [5, 5.41) is 15.6. The summed E-state index contributed by atoms with van der Waals surface area (Å²) in [6.07, 6.45) is 7.13. The van der Waals surface area contributed by atoms with E-state index in [2.05, 4.69) is 24.0 Å². The van der Waals surface area contributed by atoms with Crippen LogP contribution in [0.25, 0.3) is 0 Å². The highest BCUT2D eigenvalue weighted by atomic mass is 19.1. The summed E-state index contributed by atoms with van der Waals surface area (Å²) in [5.41, 5.74) is 0.900. The maximum atomic E-state index is 12.9. The van der Waals surface area contributed by atoms with E-state index in [0.29, 0.717) is 35.8 Å². The molecule has 0 aliphatic heterocycles. The molecule has 1 aromatic heterocycles. The van der Waals surface area contributed by atoms with Crippen molar-refractivity contribution in [3.8, 4) is 5.88 Å². The fraction of sp³-hybridized carbons (Fsp3) is 0.333. The molecule has 1 heterocycles. The molecule has 0 unspecified atom stereocenters. The Morgan fingerprint density at radius 1 is 0.909 bits per heavy atom. The Labute approximate surface area is 192 Å². The number of carboxylic acids is 2. The lowest BCUT2D eigenvalue weighted by atomic mass is 10.1. The standard InChI is InChI=1S/C20H25FN2O2.C4H4O4/c1-23(2)13-5-3-4-6-14-25-19-12-9-17(15-22-19)20(24)16-7-10-18(21)11-8-16;5-3(6)1-2-4(7)8/h7-12,15H,3-6,13-14H2,1-2H3;1-2H,(H,5,6)(H,7,8)/b;2-1+. The van der Waals surface area contributed by atoms with Crippen molar-refractivity contribution in [3.05, 3.63) is 71.7 Å². The first-order valence-electron chi connectivity index (χ1n) is 10.4. The van der Waals surface area contributed by atoms with E-state index in [4.69, 9.17) is 14.9 Å². The number of hydrogen-bond donors (Lipinski definition) is 2. The summed E-state index contributed by atoms with van der Waals surface area (Å²) in [5.74, 6) is -2.54. The van der Waals surface area contributed by atoms with Crippen LogP contribution >= 0.6 is 0 Å². The van der Waals surface area contributed by atoms with E-state index in [0.717, 1.165) is 19.4 Å². The summed E-state index contributed by atoms with van der Waals surface area (Å²) in [4.78, 5) is 37.7. The molecule has 2 aromatic rings. The van der Waals surface area contributed by atoms with Crippen molar-refractivity contribution < 1.29 is 33.7 Å². The maximum absolute atomic E-state index is 12.9. The average Bonchev–Trinajstić information content (AvgIpc) is 2.78. The number of carbonyl (C=O) groups is 3. The van der Waals surface area contributed by atoms with Crippen LogP contribution in [0.3, 0.4) is 0 Å². The Morgan fingerprint density at radius 2 is 1.48 bits per heavy atom. The van der Waals surface area contributed by atoms with Crippen molar-refractivity contribution in [2.75, 3.05) is 27.2 Å². The van der Waals surface area contributed by atoms with Crippen LogP contribution in [0, 0.1) is 5.82 Å². The number of rotatable bonds is 12. The third kappa shape index (κ3) is 12.8. The molecular formula is C24H29FN2O6. The van der Waals surface area contributed by atoms with Crippen LogP contribution < -0.4 is 4.74 Å².